The number of primary amides is 1. The van der Waals surface area contributed by atoms with Crippen LogP contribution in [0.5, 0.6) is 5.75 Å². The molecule has 5 heteroatoms. The SMILES string of the molecule is NC(=O)c1cc(-c2cc(F)ccc2F)ccc1O. The maximum Gasteiger partial charge on any atom is 0.252 e. The molecule has 2 aromatic carbocycles. The number of phenols is 1. The Morgan fingerprint density at radius 1 is 1.11 bits per heavy atom. The van der Waals surface area contributed by atoms with Gasteiger partial charge in [0.2, 0.25) is 0 Å². The molecule has 0 saturated heterocycles. The van der Waals surface area contributed by atoms with E-state index in [1.807, 2.05) is 0 Å². The van der Waals surface area contributed by atoms with Gasteiger partial charge in [0.05, 0.1) is 5.56 Å². The second-order valence-electron chi connectivity index (χ2n) is 3.72. The summed E-state index contributed by atoms with van der Waals surface area (Å²) in [5.41, 5.74) is 5.18. The number of carbonyl (C=O) groups is 1. The van der Waals surface area contributed by atoms with Gasteiger partial charge in [-0.15, -0.1) is 0 Å². The number of amides is 1. The monoisotopic (exact) mass is 249 g/mol. The van der Waals surface area contributed by atoms with E-state index >= 15 is 0 Å². The Kier molecular flexibility index (Phi) is 2.97. The Labute approximate surface area is 101 Å². The van der Waals surface area contributed by atoms with Crippen LogP contribution in [0.25, 0.3) is 11.1 Å². The van der Waals surface area contributed by atoms with Crippen molar-refractivity contribution in [3.05, 3.63) is 53.6 Å². The molecule has 2 aromatic rings. The largest absolute Gasteiger partial charge is 0.507 e. The minimum absolute atomic E-state index is 0.00231. The minimum atomic E-state index is -0.842. The molecule has 0 spiro atoms. The number of hydrogen-bond donors (Lipinski definition) is 2. The van der Waals surface area contributed by atoms with E-state index in [2.05, 4.69) is 0 Å². The summed E-state index contributed by atoms with van der Waals surface area (Å²) in [5.74, 6) is -2.37. The van der Waals surface area contributed by atoms with Gasteiger partial charge < -0.3 is 10.8 Å². The van der Waals surface area contributed by atoms with Crippen LogP contribution in [-0.2, 0) is 0 Å². The summed E-state index contributed by atoms with van der Waals surface area (Å²) in [6, 6.07) is 6.79. The first-order valence-electron chi connectivity index (χ1n) is 5.07. The van der Waals surface area contributed by atoms with Crippen LogP contribution in [0.1, 0.15) is 10.4 Å². The molecule has 0 heterocycles. The van der Waals surface area contributed by atoms with Crippen molar-refractivity contribution in [2.75, 3.05) is 0 Å². The molecule has 0 saturated carbocycles. The standard InChI is InChI=1S/C13H9F2NO2/c14-8-2-3-11(15)9(6-8)7-1-4-12(17)10(5-7)13(16)18/h1-6,17H,(H2,16,18). The summed E-state index contributed by atoms with van der Waals surface area (Å²) < 4.78 is 26.6. The lowest BCUT2D eigenvalue weighted by Gasteiger charge is -2.06. The molecule has 0 aliphatic heterocycles. The normalized spacial score (nSPS) is 10.3. The van der Waals surface area contributed by atoms with Crippen LogP contribution in [0.2, 0.25) is 0 Å². The van der Waals surface area contributed by atoms with Crippen LogP contribution in [0, 0.1) is 11.6 Å². The highest BCUT2D eigenvalue weighted by Crippen LogP contribution is 2.28. The zero-order valence-electron chi connectivity index (χ0n) is 9.15. The van der Waals surface area contributed by atoms with Gasteiger partial charge >= 0.3 is 0 Å². The maximum atomic E-state index is 13.5. The summed E-state index contributed by atoms with van der Waals surface area (Å²) in [4.78, 5) is 11.1. The van der Waals surface area contributed by atoms with Gasteiger partial charge in [-0.25, -0.2) is 8.78 Å². The van der Waals surface area contributed by atoms with Gasteiger partial charge in [0.25, 0.3) is 5.91 Å². The lowest BCUT2D eigenvalue weighted by atomic mass is 10.0. The van der Waals surface area contributed by atoms with Crippen LogP contribution in [0.15, 0.2) is 36.4 Å². The third-order valence-electron chi connectivity index (χ3n) is 2.50. The summed E-state index contributed by atoms with van der Waals surface area (Å²) in [6.07, 6.45) is 0. The maximum absolute atomic E-state index is 13.5. The van der Waals surface area contributed by atoms with E-state index in [0.29, 0.717) is 0 Å². The third kappa shape index (κ3) is 2.15. The van der Waals surface area contributed by atoms with Crippen molar-refractivity contribution in [3.63, 3.8) is 0 Å². The number of aromatic hydroxyl groups is 1. The van der Waals surface area contributed by atoms with Crippen LogP contribution in [0.3, 0.4) is 0 Å². The van der Waals surface area contributed by atoms with E-state index in [0.717, 1.165) is 18.2 Å². The number of nitrogens with two attached hydrogens (primary N) is 1. The molecule has 2 rings (SSSR count). The lowest BCUT2D eigenvalue weighted by Crippen LogP contribution is -2.11. The second kappa shape index (κ2) is 4.44. The van der Waals surface area contributed by atoms with Gasteiger partial charge in [-0.2, -0.15) is 0 Å². The molecular weight excluding hydrogens is 240 g/mol. The van der Waals surface area contributed by atoms with E-state index in [4.69, 9.17) is 5.73 Å². The fourth-order valence-corrected chi connectivity index (χ4v) is 1.62. The molecule has 0 aliphatic carbocycles. The van der Waals surface area contributed by atoms with Crippen molar-refractivity contribution < 1.29 is 18.7 Å². The van der Waals surface area contributed by atoms with Gasteiger partial charge in [0.15, 0.2) is 0 Å². The summed E-state index contributed by atoms with van der Waals surface area (Å²) >= 11 is 0. The topological polar surface area (TPSA) is 63.3 Å². The zero-order valence-corrected chi connectivity index (χ0v) is 9.15. The van der Waals surface area contributed by atoms with Crippen LogP contribution < -0.4 is 5.73 Å². The van der Waals surface area contributed by atoms with E-state index in [9.17, 15) is 18.7 Å². The first-order valence-corrected chi connectivity index (χ1v) is 5.07. The van der Waals surface area contributed by atoms with Crippen molar-refractivity contribution in [3.8, 4) is 16.9 Å². The Morgan fingerprint density at radius 2 is 1.83 bits per heavy atom. The highest BCUT2D eigenvalue weighted by Gasteiger charge is 2.12. The Bertz CT molecular complexity index is 626. The molecule has 0 fully saturated rings. The smallest absolute Gasteiger partial charge is 0.252 e. The average Bonchev–Trinajstić information content (AvgIpc) is 2.33. The zero-order chi connectivity index (χ0) is 13.3. The number of rotatable bonds is 2. The van der Waals surface area contributed by atoms with E-state index < -0.39 is 17.5 Å². The molecule has 0 aromatic heterocycles. The van der Waals surface area contributed by atoms with E-state index in [-0.39, 0.29) is 22.4 Å². The Hall–Kier alpha value is -2.43. The van der Waals surface area contributed by atoms with Crippen molar-refractivity contribution in [1.82, 2.24) is 0 Å². The molecule has 3 nitrogen and oxygen atoms in total. The lowest BCUT2D eigenvalue weighted by molar-refractivity contribution is 0.0998. The van der Waals surface area contributed by atoms with Gasteiger partial charge in [-0.3, -0.25) is 4.79 Å². The molecule has 0 bridgehead atoms. The van der Waals surface area contributed by atoms with Crippen LogP contribution in [0.4, 0.5) is 8.78 Å². The fourth-order valence-electron chi connectivity index (χ4n) is 1.62. The quantitative estimate of drug-likeness (QED) is 0.858. The summed E-state index contributed by atoms with van der Waals surface area (Å²) in [6.45, 7) is 0. The molecule has 3 N–H and O–H groups in total. The molecule has 0 aliphatic rings. The summed E-state index contributed by atoms with van der Waals surface area (Å²) in [5, 5.41) is 9.41. The van der Waals surface area contributed by atoms with E-state index in [1.165, 1.54) is 18.2 Å². The number of benzene rings is 2. The number of carbonyl (C=O) groups excluding carboxylic acids is 1. The second-order valence-corrected chi connectivity index (χ2v) is 3.72. The predicted molar refractivity (Wildman–Crippen MR) is 62.0 cm³/mol. The van der Waals surface area contributed by atoms with Crippen LogP contribution >= 0.6 is 0 Å². The van der Waals surface area contributed by atoms with Crippen molar-refractivity contribution in [2.24, 2.45) is 5.73 Å². The molecule has 0 radical (unpaired) electrons. The highest BCUT2D eigenvalue weighted by atomic mass is 19.1. The van der Waals surface area contributed by atoms with Gasteiger partial charge in [0.1, 0.15) is 17.4 Å². The predicted octanol–water partition coefficient (Wildman–Crippen LogP) is 2.44. The molecule has 0 atom stereocenters. The van der Waals surface area contributed by atoms with Gasteiger partial charge in [-0.05, 0) is 35.9 Å². The van der Waals surface area contributed by atoms with E-state index in [1.54, 1.807) is 0 Å². The fraction of sp³-hybridized carbons (Fsp3) is 0. The molecule has 18 heavy (non-hydrogen) atoms. The highest BCUT2D eigenvalue weighted by molar-refractivity contribution is 5.96. The van der Waals surface area contributed by atoms with Crippen molar-refractivity contribution in [2.45, 2.75) is 0 Å². The van der Waals surface area contributed by atoms with Gasteiger partial charge in [-0.1, -0.05) is 6.07 Å². The van der Waals surface area contributed by atoms with Crippen molar-refractivity contribution >= 4 is 5.91 Å². The number of halogens is 2. The third-order valence-corrected chi connectivity index (χ3v) is 2.50. The molecular formula is C13H9F2NO2. The Morgan fingerprint density at radius 3 is 2.50 bits per heavy atom. The molecule has 92 valence electrons. The minimum Gasteiger partial charge on any atom is -0.507 e. The Balaban J connectivity index is 2.61. The number of hydrogen-bond acceptors (Lipinski definition) is 2. The average molecular weight is 249 g/mol. The molecule has 1 amide bonds. The first kappa shape index (κ1) is 12.0. The van der Waals surface area contributed by atoms with Gasteiger partial charge in [0, 0.05) is 5.56 Å². The summed E-state index contributed by atoms with van der Waals surface area (Å²) in [7, 11) is 0. The van der Waals surface area contributed by atoms with Crippen molar-refractivity contribution in [1.29, 1.82) is 0 Å². The van der Waals surface area contributed by atoms with Crippen LogP contribution in [-0.4, -0.2) is 11.0 Å². The molecule has 0 unspecified atom stereocenters. The first-order chi connectivity index (χ1) is 8.49.